The van der Waals surface area contributed by atoms with E-state index in [0.717, 1.165) is 27.9 Å². The van der Waals surface area contributed by atoms with E-state index >= 15 is 0 Å². The van der Waals surface area contributed by atoms with Gasteiger partial charge < -0.3 is 5.32 Å². The Morgan fingerprint density at radius 1 is 0.750 bits per heavy atom. The van der Waals surface area contributed by atoms with Crippen LogP contribution in [0.4, 0.5) is 5.69 Å². The number of ketones is 1. The van der Waals surface area contributed by atoms with Crippen LogP contribution in [-0.4, -0.2) is 24.1 Å². The second kappa shape index (κ2) is 9.69. The van der Waals surface area contributed by atoms with Crippen LogP contribution in [-0.2, 0) is 9.59 Å². The average Bonchev–Trinajstić information content (AvgIpc) is 2.65. The standard InChI is InChI=1S/C22H27N3O3/c1-14-5-8-19(17(4)11-14)23-13-22(28)25-24-21(27)10-9-20(26)18-7-6-15(2)16(3)12-18/h5-8,11-12,23H,9-10,13H2,1-4H3,(H,24,27)(H,25,28). The van der Waals surface area contributed by atoms with Crippen molar-refractivity contribution in [1.82, 2.24) is 10.9 Å². The number of rotatable bonds is 7. The van der Waals surface area contributed by atoms with Crippen LogP contribution >= 0.6 is 0 Å². The number of anilines is 1. The van der Waals surface area contributed by atoms with Crippen LogP contribution in [0.15, 0.2) is 36.4 Å². The molecule has 0 fully saturated rings. The third-order valence-corrected chi connectivity index (χ3v) is 4.57. The van der Waals surface area contributed by atoms with Crippen molar-refractivity contribution in [2.45, 2.75) is 40.5 Å². The monoisotopic (exact) mass is 381 g/mol. The van der Waals surface area contributed by atoms with Crippen molar-refractivity contribution in [1.29, 1.82) is 0 Å². The molecule has 3 N–H and O–H groups in total. The molecule has 6 nitrogen and oxygen atoms in total. The lowest BCUT2D eigenvalue weighted by Gasteiger charge is -2.11. The molecule has 0 aliphatic heterocycles. The molecule has 0 aromatic heterocycles. The van der Waals surface area contributed by atoms with Crippen molar-refractivity contribution in [3.8, 4) is 0 Å². The van der Waals surface area contributed by atoms with Crippen LogP contribution in [0.2, 0.25) is 0 Å². The maximum Gasteiger partial charge on any atom is 0.257 e. The number of carbonyl (C=O) groups is 3. The minimum absolute atomic E-state index is 0.0105. The van der Waals surface area contributed by atoms with E-state index in [0.29, 0.717) is 5.56 Å². The van der Waals surface area contributed by atoms with E-state index in [1.54, 1.807) is 6.07 Å². The molecule has 0 heterocycles. The molecule has 0 unspecified atom stereocenters. The zero-order chi connectivity index (χ0) is 20.7. The van der Waals surface area contributed by atoms with Crippen molar-refractivity contribution in [3.63, 3.8) is 0 Å². The van der Waals surface area contributed by atoms with Crippen LogP contribution in [0.25, 0.3) is 0 Å². The van der Waals surface area contributed by atoms with Crippen LogP contribution in [0, 0.1) is 27.7 Å². The lowest BCUT2D eigenvalue weighted by Crippen LogP contribution is -2.44. The van der Waals surface area contributed by atoms with Crippen LogP contribution < -0.4 is 16.2 Å². The minimum Gasteiger partial charge on any atom is -0.376 e. The van der Waals surface area contributed by atoms with Gasteiger partial charge in [-0.05, 0) is 56.5 Å². The first-order valence-electron chi connectivity index (χ1n) is 9.25. The third kappa shape index (κ3) is 6.23. The van der Waals surface area contributed by atoms with Gasteiger partial charge in [-0.2, -0.15) is 0 Å². The first kappa shape index (κ1) is 21.2. The highest BCUT2D eigenvalue weighted by Crippen LogP contribution is 2.15. The van der Waals surface area contributed by atoms with Gasteiger partial charge >= 0.3 is 0 Å². The van der Waals surface area contributed by atoms with Crippen LogP contribution in [0.5, 0.6) is 0 Å². The van der Waals surface area contributed by atoms with Gasteiger partial charge in [0.2, 0.25) is 5.91 Å². The van der Waals surface area contributed by atoms with Gasteiger partial charge in [0.15, 0.2) is 5.78 Å². The number of amides is 2. The molecule has 0 saturated carbocycles. The Labute approximate surface area is 165 Å². The van der Waals surface area contributed by atoms with E-state index in [9.17, 15) is 14.4 Å². The summed E-state index contributed by atoms with van der Waals surface area (Å²) in [6.45, 7) is 7.92. The Morgan fingerprint density at radius 2 is 1.46 bits per heavy atom. The SMILES string of the molecule is Cc1ccc(NCC(=O)NNC(=O)CCC(=O)c2ccc(C)c(C)c2)c(C)c1. The molecule has 2 rings (SSSR count). The summed E-state index contributed by atoms with van der Waals surface area (Å²) in [7, 11) is 0. The number of aryl methyl sites for hydroxylation is 4. The molecule has 0 saturated heterocycles. The molecule has 2 aromatic carbocycles. The zero-order valence-electron chi connectivity index (χ0n) is 16.8. The second-order valence-corrected chi connectivity index (χ2v) is 6.99. The normalized spacial score (nSPS) is 10.3. The molecule has 0 radical (unpaired) electrons. The summed E-state index contributed by atoms with van der Waals surface area (Å²) >= 11 is 0. The van der Waals surface area contributed by atoms with E-state index in [1.807, 2.05) is 58.0 Å². The Morgan fingerprint density at radius 3 is 2.14 bits per heavy atom. The summed E-state index contributed by atoms with van der Waals surface area (Å²) in [5.74, 6) is -0.869. The Balaban J connectivity index is 1.72. The number of hydrazine groups is 1. The number of hydrogen-bond donors (Lipinski definition) is 3. The van der Waals surface area contributed by atoms with E-state index in [1.165, 1.54) is 0 Å². The highest BCUT2D eigenvalue weighted by molar-refractivity contribution is 5.98. The number of nitrogens with one attached hydrogen (secondary N) is 3. The number of benzene rings is 2. The Hall–Kier alpha value is -3.15. The lowest BCUT2D eigenvalue weighted by molar-refractivity contribution is -0.128. The van der Waals surface area contributed by atoms with Crippen molar-refractivity contribution in [3.05, 3.63) is 64.2 Å². The summed E-state index contributed by atoms with van der Waals surface area (Å²) in [6, 6.07) is 11.4. The first-order valence-corrected chi connectivity index (χ1v) is 9.25. The minimum atomic E-state index is -0.406. The maximum absolute atomic E-state index is 12.2. The molecule has 6 heteroatoms. The fourth-order valence-corrected chi connectivity index (χ4v) is 2.72. The fourth-order valence-electron chi connectivity index (χ4n) is 2.72. The van der Waals surface area contributed by atoms with E-state index < -0.39 is 5.91 Å². The van der Waals surface area contributed by atoms with Gasteiger partial charge in [-0.25, -0.2) is 0 Å². The summed E-state index contributed by atoms with van der Waals surface area (Å²) in [5, 5.41) is 3.03. The van der Waals surface area contributed by atoms with Crippen LogP contribution in [0.3, 0.4) is 0 Å². The summed E-state index contributed by atoms with van der Waals surface area (Å²) in [5.41, 5.74) is 10.5. The highest BCUT2D eigenvalue weighted by Gasteiger charge is 2.11. The maximum atomic E-state index is 12.2. The van der Waals surface area contributed by atoms with Gasteiger partial charge in [0.25, 0.3) is 5.91 Å². The molecule has 0 bridgehead atoms. The highest BCUT2D eigenvalue weighted by atomic mass is 16.2. The number of hydrogen-bond acceptors (Lipinski definition) is 4. The molecule has 2 aromatic rings. The summed E-state index contributed by atoms with van der Waals surface area (Å²) in [4.78, 5) is 35.9. The summed E-state index contributed by atoms with van der Waals surface area (Å²) in [6.07, 6.45) is 0.0988. The molecule has 0 aliphatic carbocycles. The fraction of sp³-hybridized carbons (Fsp3) is 0.318. The predicted molar refractivity (Wildman–Crippen MR) is 110 cm³/mol. The van der Waals surface area contributed by atoms with E-state index in [-0.39, 0.29) is 31.1 Å². The van der Waals surface area contributed by atoms with Gasteiger partial charge in [-0.3, -0.25) is 25.2 Å². The molecule has 148 valence electrons. The molecule has 2 amide bonds. The first-order chi connectivity index (χ1) is 13.3. The van der Waals surface area contributed by atoms with E-state index in [4.69, 9.17) is 0 Å². The Kier molecular flexibility index (Phi) is 7.32. The molecule has 0 atom stereocenters. The third-order valence-electron chi connectivity index (χ3n) is 4.57. The molecular weight excluding hydrogens is 354 g/mol. The Bertz CT molecular complexity index is 891. The van der Waals surface area contributed by atoms with Crippen molar-refractivity contribution < 1.29 is 14.4 Å². The topological polar surface area (TPSA) is 87.3 Å². The van der Waals surface area contributed by atoms with E-state index in [2.05, 4.69) is 16.2 Å². The predicted octanol–water partition coefficient (Wildman–Crippen LogP) is 3.14. The van der Waals surface area contributed by atoms with Gasteiger partial charge in [0, 0.05) is 24.1 Å². The quantitative estimate of drug-likeness (QED) is 0.508. The lowest BCUT2D eigenvalue weighted by atomic mass is 10.0. The molecular formula is C22H27N3O3. The zero-order valence-corrected chi connectivity index (χ0v) is 16.8. The van der Waals surface area contributed by atoms with Gasteiger partial charge in [-0.15, -0.1) is 0 Å². The molecule has 28 heavy (non-hydrogen) atoms. The number of carbonyl (C=O) groups excluding carboxylic acids is 3. The van der Waals surface area contributed by atoms with Gasteiger partial charge in [0.1, 0.15) is 0 Å². The van der Waals surface area contributed by atoms with Crippen molar-refractivity contribution in [2.75, 3.05) is 11.9 Å². The number of Topliss-reactive ketones (excluding diaryl/α,β-unsaturated/α-hetero) is 1. The largest absolute Gasteiger partial charge is 0.376 e. The summed E-state index contributed by atoms with van der Waals surface area (Å²) < 4.78 is 0. The molecule has 0 aliphatic rings. The van der Waals surface area contributed by atoms with Gasteiger partial charge in [-0.1, -0.05) is 29.8 Å². The molecule has 0 spiro atoms. The smallest absolute Gasteiger partial charge is 0.257 e. The van der Waals surface area contributed by atoms with Crippen molar-refractivity contribution in [2.24, 2.45) is 0 Å². The van der Waals surface area contributed by atoms with Crippen molar-refractivity contribution >= 4 is 23.3 Å². The van der Waals surface area contributed by atoms with Gasteiger partial charge in [0.05, 0.1) is 6.54 Å². The average molecular weight is 381 g/mol. The van der Waals surface area contributed by atoms with Crippen LogP contribution in [0.1, 0.15) is 45.5 Å². The second-order valence-electron chi connectivity index (χ2n) is 6.99.